The van der Waals surface area contributed by atoms with Gasteiger partial charge in [-0.05, 0) is 18.4 Å². The van der Waals surface area contributed by atoms with Crippen LogP contribution in [0.25, 0.3) is 0 Å². The molecule has 1 aromatic heterocycles. The van der Waals surface area contributed by atoms with Crippen LogP contribution in [-0.4, -0.2) is 29.8 Å². The Balaban J connectivity index is 2.11. The molecule has 1 aliphatic heterocycles. The number of hydrogen-bond acceptors (Lipinski definition) is 2. The van der Waals surface area contributed by atoms with E-state index in [9.17, 15) is 4.79 Å². The van der Waals surface area contributed by atoms with E-state index in [1.165, 1.54) is 11.3 Å². The zero-order valence-electron chi connectivity index (χ0n) is 8.38. The van der Waals surface area contributed by atoms with Crippen LogP contribution in [0.5, 0.6) is 0 Å². The first-order chi connectivity index (χ1) is 7.61. The maximum atomic E-state index is 12.1. The van der Waals surface area contributed by atoms with E-state index in [1.807, 2.05) is 0 Å². The smallest absolute Gasteiger partial charge is 0.256 e. The molecule has 1 fully saturated rings. The highest BCUT2D eigenvalue weighted by molar-refractivity contribution is 7.20. The lowest BCUT2D eigenvalue weighted by atomic mass is 10.2. The molecule has 16 heavy (non-hydrogen) atoms. The predicted molar refractivity (Wildman–Crippen MR) is 69.1 cm³/mol. The Bertz CT molecular complexity index is 407. The van der Waals surface area contributed by atoms with E-state index in [-0.39, 0.29) is 5.91 Å². The Hall–Kier alpha value is 0.0400. The highest BCUT2D eigenvalue weighted by atomic mass is 35.5. The molecule has 0 aliphatic carbocycles. The van der Waals surface area contributed by atoms with Crippen LogP contribution < -0.4 is 0 Å². The van der Waals surface area contributed by atoms with E-state index >= 15 is 0 Å². The van der Waals surface area contributed by atoms with Crippen LogP contribution in [0.1, 0.15) is 16.8 Å². The maximum absolute atomic E-state index is 12.1. The summed E-state index contributed by atoms with van der Waals surface area (Å²) in [5.41, 5.74) is 0.506. The van der Waals surface area contributed by atoms with Crippen molar-refractivity contribution < 1.29 is 4.79 Å². The van der Waals surface area contributed by atoms with Crippen molar-refractivity contribution in [2.75, 3.05) is 19.0 Å². The molecule has 0 saturated carbocycles. The van der Waals surface area contributed by atoms with Gasteiger partial charge < -0.3 is 4.90 Å². The van der Waals surface area contributed by atoms with Gasteiger partial charge in [-0.25, -0.2) is 0 Å². The van der Waals surface area contributed by atoms with Gasteiger partial charge in [0.1, 0.15) is 4.34 Å². The lowest BCUT2D eigenvalue weighted by Gasteiger charge is -2.15. The Kier molecular flexibility index (Phi) is 4.01. The number of halogens is 3. The molecule has 1 amide bonds. The summed E-state index contributed by atoms with van der Waals surface area (Å²) in [6.45, 7) is 1.46. The van der Waals surface area contributed by atoms with E-state index in [4.69, 9.17) is 34.8 Å². The molecule has 1 aliphatic rings. The number of rotatable bonds is 2. The van der Waals surface area contributed by atoms with Gasteiger partial charge in [0, 0.05) is 19.0 Å². The Morgan fingerprint density at radius 2 is 2.31 bits per heavy atom. The molecule has 0 N–H and O–H groups in total. The van der Waals surface area contributed by atoms with Gasteiger partial charge >= 0.3 is 0 Å². The van der Waals surface area contributed by atoms with Crippen LogP contribution in [0.2, 0.25) is 8.67 Å². The lowest BCUT2D eigenvalue weighted by Crippen LogP contribution is -2.28. The first kappa shape index (κ1) is 12.5. The summed E-state index contributed by atoms with van der Waals surface area (Å²) < 4.78 is 1.01. The van der Waals surface area contributed by atoms with Gasteiger partial charge in [-0.1, -0.05) is 23.2 Å². The molecular formula is C10H10Cl3NOS. The summed E-state index contributed by atoms with van der Waals surface area (Å²) in [5, 5.41) is 0. The fourth-order valence-electron chi connectivity index (χ4n) is 1.80. The number of thiophene rings is 1. The minimum atomic E-state index is -0.0410. The van der Waals surface area contributed by atoms with E-state index < -0.39 is 0 Å². The normalized spacial score (nSPS) is 20.4. The van der Waals surface area contributed by atoms with Gasteiger partial charge in [0.2, 0.25) is 0 Å². The predicted octanol–water partition coefficient (Wildman–Crippen LogP) is 3.76. The van der Waals surface area contributed by atoms with Gasteiger partial charge in [0.25, 0.3) is 5.91 Å². The van der Waals surface area contributed by atoms with E-state index in [2.05, 4.69) is 0 Å². The van der Waals surface area contributed by atoms with Crippen molar-refractivity contribution in [3.8, 4) is 0 Å². The Labute approximate surface area is 113 Å². The van der Waals surface area contributed by atoms with Crippen molar-refractivity contribution in [2.45, 2.75) is 6.42 Å². The number of nitrogens with zero attached hydrogens (tertiary/aromatic N) is 1. The maximum Gasteiger partial charge on any atom is 0.256 e. The molecule has 6 heteroatoms. The first-order valence-electron chi connectivity index (χ1n) is 4.92. The van der Waals surface area contributed by atoms with Crippen molar-refractivity contribution in [1.29, 1.82) is 0 Å². The van der Waals surface area contributed by atoms with E-state index in [1.54, 1.807) is 11.0 Å². The van der Waals surface area contributed by atoms with E-state index in [0.29, 0.717) is 32.6 Å². The number of carbonyl (C=O) groups is 1. The van der Waals surface area contributed by atoms with Gasteiger partial charge in [-0.15, -0.1) is 22.9 Å². The third-order valence-electron chi connectivity index (χ3n) is 2.68. The molecule has 2 nitrogen and oxygen atoms in total. The molecule has 1 unspecified atom stereocenters. The van der Waals surface area contributed by atoms with Crippen molar-refractivity contribution in [3.05, 3.63) is 20.3 Å². The minimum absolute atomic E-state index is 0.0410. The van der Waals surface area contributed by atoms with Crippen molar-refractivity contribution >= 4 is 52.0 Å². The minimum Gasteiger partial charge on any atom is -0.338 e. The third kappa shape index (κ3) is 2.48. The zero-order chi connectivity index (χ0) is 11.7. The third-order valence-corrected chi connectivity index (χ3v) is 4.60. The quantitative estimate of drug-likeness (QED) is 0.761. The number of likely N-dealkylation sites (tertiary alicyclic amines) is 1. The monoisotopic (exact) mass is 297 g/mol. The second-order valence-corrected chi connectivity index (χ2v) is 6.39. The van der Waals surface area contributed by atoms with Crippen LogP contribution >= 0.6 is 46.1 Å². The van der Waals surface area contributed by atoms with Crippen LogP contribution in [0.15, 0.2) is 6.07 Å². The second kappa shape index (κ2) is 5.13. The summed E-state index contributed by atoms with van der Waals surface area (Å²) in [4.78, 5) is 13.9. The van der Waals surface area contributed by atoms with Crippen LogP contribution in [0, 0.1) is 5.92 Å². The summed E-state index contributed by atoms with van der Waals surface area (Å²) in [5.74, 6) is 0.960. The average Bonchev–Trinajstić information content (AvgIpc) is 2.84. The molecule has 0 spiro atoms. The summed E-state index contributed by atoms with van der Waals surface area (Å²) in [6.07, 6.45) is 0.963. The second-order valence-electron chi connectivity index (χ2n) is 3.80. The lowest BCUT2D eigenvalue weighted by molar-refractivity contribution is 0.0789. The van der Waals surface area contributed by atoms with Gasteiger partial charge in [0.05, 0.1) is 9.90 Å². The van der Waals surface area contributed by atoms with Crippen LogP contribution in [0.4, 0.5) is 0 Å². The highest BCUT2D eigenvalue weighted by Gasteiger charge is 2.28. The van der Waals surface area contributed by atoms with Crippen molar-refractivity contribution in [3.63, 3.8) is 0 Å². The first-order valence-corrected chi connectivity index (χ1v) is 7.02. The molecular weight excluding hydrogens is 289 g/mol. The molecule has 2 heterocycles. The van der Waals surface area contributed by atoms with Gasteiger partial charge in [0.15, 0.2) is 0 Å². The summed E-state index contributed by atoms with van der Waals surface area (Å²) >= 11 is 18.8. The summed E-state index contributed by atoms with van der Waals surface area (Å²) in [6, 6.07) is 1.63. The fourth-order valence-corrected chi connectivity index (χ4v) is 3.50. The van der Waals surface area contributed by atoms with Crippen molar-refractivity contribution in [2.24, 2.45) is 5.92 Å². The topological polar surface area (TPSA) is 20.3 Å². The molecule has 0 bridgehead atoms. The SMILES string of the molecule is O=C(c1cc(Cl)sc1Cl)N1CCC(CCl)C1. The largest absolute Gasteiger partial charge is 0.338 e. The van der Waals surface area contributed by atoms with E-state index in [0.717, 1.165) is 13.0 Å². The molecule has 2 rings (SSSR count). The molecule has 1 saturated heterocycles. The fraction of sp³-hybridized carbons (Fsp3) is 0.500. The molecule has 0 radical (unpaired) electrons. The van der Waals surface area contributed by atoms with Gasteiger partial charge in [-0.2, -0.15) is 0 Å². The summed E-state index contributed by atoms with van der Waals surface area (Å²) in [7, 11) is 0. The molecule has 0 aromatic carbocycles. The van der Waals surface area contributed by atoms with Crippen LogP contribution in [0.3, 0.4) is 0 Å². The molecule has 1 aromatic rings. The molecule has 1 atom stereocenters. The number of alkyl halides is 1. The Morgan fingerprint density at radius 1 is 1.56 bits per heavy atom. The Morgan fingerprint density at radius 3 is 2.81 bits per heavy atom. The number of amides is 1. The highest BCUT2D eigenvalue weighted by Crippen LogP contribution is 2.33. The number of carbonyl (C=O) groups excluding carboxylic acids is 1. The zero-order valence-corrected chi connectivity index (χ0v) is 11.5. The standard InChI is InChI=1S/C10H10Cl3NOS/c11-4-6-1-2-14(5-6)10(15)7-3-8(12)16-9(7)13/h3,6H,1-2,4-5H2. The number of hydrogen-bond donors (Lipinski definition) is 0. The van der Waals surface area contributed by atoms with Crippen molar-refractivity contribution in [1.82, 2.24) is 4.90 Å². The average molecular weight is 299 g/mol. The molecule has 88 valence electrons. The van der Waals surface area contributed by atoms with Gasteiger partial charge in [-0.3, -0.25) is 4.79 Å². The van der Waals surface area contributed by atoms with Crippen LogP contribution in [-0.2, 0) is 0 Å².